The largest absolute Gasteiger partial charge is 0.382 e. The standard InChI is InChI=1S/C15H23BrN2/c1-11-10-14(16)4-5-15(11)17-12(2)13-6-8-18(3)9-7-13/h4-5,10,12-13,17H,6-9H2,1-3H3. The van der Waals surface area contributed by atoms with E-state index in [9.17, 15) is 0 Å². The average Bonchev–Trinajstić information content (AvgIpc) is 2.33. The highest BCUT2D eigenvalue weighted by molar-refractivity contribution is 9.10. The molecule has 0 bridgehead atoms. The Morgan fingerprint density at radius 2 is 2.00 bits per heavy atom. The van der Waals surface area contributed by atoms with Crippen molar-refractivity contribution in [2.45, 2.75) is 32.7 Å². The fourth-order valence-corrected chi connectivity index (χ4v) is 3.16. The van der Waals surface area contributed by atoms with Crippen molar-refractivity contribution >= 4 is 21.6 Å². The molecule has 0 amide bonds. The highest BCUT2D eigenvalue weighted by Gasteiger charge is 2.22. The number of nitrogens with one attached hydrogen (secondary N) is 1. The molecule has 1 aliphatic heterocycles. The van der Waals surface area contributed by atoms with Crippen molar-refractivity contribution in [2.75, 3.05) is 25.5 Å². The van der Waals surface area contributed by atoms with Crippen LogP contribution >= 0.6 is 15.9 Å². The lowest BCUT2D eigenvalue weighted by atomic mass is 9.90. The van der Waals surface area contributed by atoms with Gasteiger partial charge in [0.05, 0.1) is 0 Å². The van der Waals surface area contributed by atoms with E-state index in [1.54, 1.807) is 0 Å². The second-order valence-electron chi connectivity index (χ2n) is 5.53. The second kappa shape index (κ2) is 6.07. The Hall–Kier alpha value is -0.540. The number of nitrogens with zero attached hydrogens (tertiary/aromatic N) is 1. The van der Waals surface area contributed by atoms with Crippen molar-refractivity contribution in [3.63, 3.8) is 0 Å². The van der Waals surface area contributed by atoms with Gasteiger partial charge in [-0.15, -0.1) is 0 Å². The van der Waals surface area contributed by atoms with Gasteiger partial charge in [0.25, 0.3) is 0 Å². The van der Waals surface area contributed by atoms with Gasteiger partial charge < -0.3 is 10.2 Å². The summed E-state index contributed by atoms with van der Waals surface area (Å²) in [7, 11) is 2.22. The molecule has 1 fully saturated rings. The van der Waals surface area contributed by atoms with E-state index < -0.39 is 0 Å². The van der Waals surface area contributed by atoms with Crippen LogP contribution in [0.2, 0.25) is 0 Å². The Labute approximate surface area is 119 Å². The zero-order chi connectivity index (χ0) is 13.1. The highest BCUT2D eigenvalue weighted by atomic mass is 79.9. The van der Waals surface area contributed by atoms with Crippen molar-refractivity contribution in [3.05, 3.63) is 28.2 Å². The summed E-state index contributed by atoms with van der Waals surface area (Å²) in [6.07, 6.45) is 2.61. The van der Waals surface area contributed by atoms with Gasteiger partial charge in [0, 0.05) is 16.2 Å². The first kappa shape index (κ1) is 13.9. The molecule has 1 aromatic rings. The van der Waals surface area contributed by atoms with E-state index in [-0.39, 0.29) is 0 Å². The lowest BCUT2D eigenvalue weighted by Crippen LogP contribution is -2.37. The summed E-state index contributed by atoms with van der Waals surface area (Å²) in [5, 5.41) is 3.68. The Kier molecular flexibility index (Phi) is 4.68. The Morgan fingerprint density at radius 1 is 1.33 bits per heavy atom. The number of hydrogen-bond donors (Lipinski definition) is 1. The number of rotatable bonds is 3. The van der Waals surface area contributed by atoms with Gasteiger partial charge in [0.2, 0.25) is 0 Å². The molecule has 1 N–H and O–H groups in total. The van der Waals surface area contributed by atoms with Gasteiger partial charge in [-0.1, -0.05) is 15.9 Å². The van der Waals surface area contributed by atoms with Gasteiger partial charge in [-0.25, -0.2) is 0 Å². The molecule has 2 nitrogen and oxygen atoms in total. The van der Waals surface area contributed by atoms with E-state index >= 15 is 0 Å². The van der Waals surface area contributed by atoms with Crippen LogP contribution in [0, 0.1) is 12.8 Å². The normalized spacial score (nSPS) is 19.8. The van der Waals surface area contributed by atoms with Crippen LogP contribution in [0.1, 0.15) is 25.3 Å². The van der Waals surface area contributed by atoms with Crippen LogP contribution in [0.4, 0.5) is 5.69 Å². The quantitative estimate of drug-likeness (QED) is 0.911. The smallest absolute Gasteiger partial charge is 0.0372 e. The fourth-order valence-electron chi connectivity index (χ4n) is 2.68. The number of likely N-dealkylation sites (tertiary alicyclic amines) is 1. The zero-order valence-electron chi connectivity index (χ0n) is 11.5. The van der Waals surface area contributed by atoms with Gasteiger partial charge in [0.1, 0.15) is 0 Å². The molecule has 0 spiro atoms. The topological polar surface area (TPSA) is 15.3 Å². The maximum Gasteiger partial charge on any atom is 0.0372 e. The number of anilines is 1. The third-order valence-electron chi connectivity index (χ3n) is 4.04. The molecule has 1 aromatic carbocycles. The summed E-state index contributed by atoms with van der Waals surface area (Å²) in [6.45, 7) is 6.94. The second-order valence-corrected chi connectivity index (χ2v) is 6.45. The third-order valence-corrected chi connectivity index (χ3v) is 4.54. The SMILES string of the molecule is Cc1cc(Br)ccc1NC(C)C1CCN(C)CC1. The molecular weight excluding hydrogens is 288 g/mol. The third kappa shape index (κ3) is 3.48. The minimum atomic E-state index is 0.554. The summed E-state index contributed by atoms with van der Waals surface area (Å²) in [5.74, 6) is 0.796. The highest BCUT2D eigenvalue weighted by Crippen LogP contribution is 2.25. The molecule has 1 atom stereocenters. The molecule has 3 heteroatoms. The molecule has 1 heterocycles. The van der Waals surface area contributed by atoms with Crippen molar-refractivity contribution < 1.29 is 0 Å². The molecule has 1 aliphatic rings. The summed E-state index contributed by atoms with van der Waals surface area (Å²) in [6, 6.07) is 7.00. The predicted octanol–water partition coefficient (Wildman–Crippen LogP) is 3.90. The summed E-state index contributed by atoms with van der Waals surface area (Å²) in [5.41, 5.74) is 2.58. The van der Waals surface area contributed by atoms with Crippen molar-refractivity contribution in [2.24, 2.45) is 5.92 Å². The molecule has 18 heavy (non-hydrogen) atoms. The van der Waals surface area contributed by atoms with Gasteiger partial charge in [-0.3, -0.25) is 0 Å². The van der Waals surface area contributed by atoms with Crippen LogP contribution in [-0.2, 0) is 0 Å². The summed E-state index contributed by atoms with van der Waals surface area (Å²) >= 11 is 3.51. The minimum absolute atomic E-state index is 0.554. The van der Waals surface area contributed by atoms with Gasteiger partial charge >= 0.3 is 0 Å². The van der Waals surface area contributed by atoms with E-state index in [0.717, 1.165) is 10.4 Å². The van der Waals surface area contributed by atoms with Crippen LogP contribution in [0.25, 0.3) is 0 Å². The van der Waals surface area contributed by atoms with Gasteiger partial charge in [-0.05, 0) is 76.5 Å². The summed E-state index contributed by atoms with van der Waals surface area (Å²) < 4.78 is 1.15. The molecule has 0 aliphatic carbocycles. The molecule has 2 rings (SSSR count). The van der Waals surface area contributed by atoms with Crippen molar-refractivity contribution in [1.29, 1.82) is 0 Å². The van der Waals surface area contributed by atoms with E-state index in [0.29, 0.717) is 6.04 Å². The number of piperidine rings is 1. The van der Waals surface area contributed by atoms with Crippen LogP contribution in [0.5, 0.6) is 0 Å². The lowest BCUT2D eigenvalue weighted by Gasteiger charge is -2.33. The predicted molar refractivity (Wildman–Crippen MR) is 82.2 cm³/mol. The van der Waals surface area contributed by atoms with Crippen LogP contribution in [-0.4, -0.2) is 31.1 Å². The fraction of sp³-hybridized carbons (Fsp3) is 0.600. The Morgan fingerprint density at radius 3 is 2.61 bits per heavy atom. The first-order valence-electron chi connectivity index (χ1n) is 6.77. The number of benzene rings is 1. The first-order valence-corrected chi connectivity index (χ1v) is 7.57. The molecular formula is C15H23BrN2. The van der Waals surface area contributed by atoms with Gasteiger partial charge in [0.15, 0.2) is 0 Å². The van der Waals surface area contributed by atoms with E-state index in [2.05, 4.69) is 65.2 Å². The minimum Gasteiger partial charge on any atom is -0.382 e. The molecule has 1 saturated heterocycles. The lowest BCUT2D eigenvalue weighted by molar-refractivity contribution is 0.208. The Bertz CT molecular complexity index is 397. The van der Waals surface area contributed by atoms with E-state index in [1.165, 1.54) is 37.2 Å². The maximum absolute atomic E-state index is 3.68. The van der Waals surface area contributed by atoms with Crippen molar-refractivity contribution in [3.8, 4) is 0 Å². The number of hydrogen-bond acceptors (Lipinski definition) is 2. The first-order chi connectivity index (χ1) is 8.56. The summed E-state index contributed by atoms with van der Waals surface area (Å²) in [4.78, 5) is 2.42. The average molecular weight is 311 g/mol. The van der Waals surface area contributed by atoms with Gasteiger partial charge in [-0.2, -0.15) is 0 Å². The number of halogens is 1. The molecule has 0 aromatic heterocycles. The van der Waals surface area contributed by atoms with Crippen LogP contribution in [0.3, 0.4) is 0 Å². The van der Waals surface area contributed by atoms with E-state index in [1.807, 2.05) is 0 Å². The van der Waals surface area contributed by atoms with Crippen molar-refractivity contribution in [1.82, 2.24) is 4.90 Å². The Balaban J connectivity index is 1.96. The monoisotopic (exact) mass is 310 g/mol. The molecule has 1 unspecified atom stereocenters. The zero-order valence-corrected chi connectivity index (χ0v) is 13.1. The van der Waals surface area contributed by atoms with Crippen LogP contribution < -0.4 is 5.32 Å². The molecule has 0 radical (unpaired) electrons. The van der Waals surface area contributed by atoms with E-state index in [4.69, 9.17) is 0 Å². The maximum atomic E-state index is 3.68. The molecule has 0 saturated carbocycles. The molecule has 100 valence electrons. The van der Waals surface area contributed by atoms with Crippen LogP contribution in [0.15, 0.2) is 22.7 Å². The number of aryl methyl sites for hydroxylation is 1.